The highest BCUT2D eigenvalue weighted by molar-refractivity contribution is 6.04. The number of carbonyl (C=O) groups is 1. The van der Waals surface area contributed by atoms with E-state index in [2.05, 4.69) is 15.3 Å². The Labute approximate surface area is 103 Å². The normalized spacial score (nSPS) is 12.3. The lowest BCUT2D eigenvalue weighted by molar-refractivity contribution is 0.0803. The summed E-state index contributed by atoms with van der Waals surface area (Å²) >= 11 is 0. The Kier molecular flexibility index (Phi) is 3.81. The van der Waals surface area contributed by atoms with Crippen LogP contribution in [0.25, 0.3) is 11.0 Å². The molecule has 94 valence electrons. The van der Waals surface area contributed by atoms with Crippen LogP contribution < -0.4 is 5.32 Å². The Morgan fingerprint density at radius 1 is 1.33 bits per heavy atom. The average Bonchev–Trinajstić information content (AvgIpc) is 2.43. The summed E-state index contributed by atoms with van der Waals surface area (Å²) in [5, 5.41) is 20.4. The van der Waals surface area contributed by atoms with Crippen LogP contribution in [0.1, 0.15) is 10.4 Å². The Hall–Kier alpha value is -2.05. The van der Waals surface area contributed by atoms with Crippen LogP contribution in [0.3, 0.4) is 0 Å². The van der Waals surface area contributed by atoms with E-state index in [4.69, 9.17) is 5.11 Å². The number of aliphatic hydroxyl groups excluding tert-OH is 2. The van der Waals surface area contributed by atoms with Crippen LogP contribution in [-0.4, -0.2) is 45.3 Å². The standard InChI is InChI=1S/C12H13N3O3/c16-7-8(17)6-15-12(18)9-2-1-3-10-11(9)14-5-4-13-10/h1-5,8,16-17H,6-7H2,(H,15,18). The van der Waals surface area contributed by atoms with Crippen LogP contribution in [0, 0.1) is 0 Å². The number of aromatic nitrogens is 2. The summed E-state index contributed by atoms with van der Waals surface area (Å²) in [4.78, 5) is 20.1. The zero-order chi connectivity index (χ0) is 13.0. The van der Waals surface area contributed by atoms with Gasteiger partial charge >= 0.3 is 0 Å². The zero-order valence-corrected chi connectivity index (χ0v) is 9.58. The molecule has 6 nitrogen and oxygen atoms in total. The third kappa shape index (κ3) is 2.61. The second-order valence-corrected chi connectivity index (χ2v) is 3.78. The Morgan fingerprint density at radius 3 is 2.89 bits per heavy atom. The van der Waals surface area contributed by atoms with Crippen LogP contribution in [-0.2, 0) is 0 Å². The second kappa shape index (κ2) is 5.52. The maximum absolute atomic E-state index is 11.9. The smallest absolute Gasteiger partial charge is 0.253 e. The van der Waals surface area contributed by atoms with Crippen molar-refractivity contribution in [3.05, 3.63) is 36.2 Å². The molecule has 0 saturated carbocycles. The third-order valence-corrected chi connectivity index (χ3v) is 2.45. The van der Waals surface area contributed by atoms with Gasteiger partial charge in [0.25, 0.3) is 5.91 Å². The number of aliphatic hydroxyl groups is 2. The van der Waals surface area contributed by atoms with Crippen molar-refractivity contribution in [2.45, 2.75) is 6.10 Å². The molecule has 0 radical (unpaired) electrons. The lowest BCUT2D eigenvalue weighted by atomic mass is 10.1. The number of rotatable bonds is 4. The van der Waals surface area contributed by atoms with Gasteiger partial charge in [-0.1, -0.05) is 6.07 Å². The minimum atomic E-state index is -0.963. The first-order valence-electron chi connectivity index (χ1n) is 5.49. The molecule has 18 heavy (non-hydrogen) atoms. The number of hydrogen-bond donors (Lipinski definition) is 3. The first-order valence-corrected chi connectivity index (χ1v) is 5.49. The van der Waals surface area contributed by atoms with Crippen LogP contribution >= 0.6 is 0 Å². The van der Waals surface area contributed by atoms with Gasteiger partial charge in [-0.3, -0.25) is 14.8 Å². The molecule has 0 aliphatic carbocycles. The number of benzene rings is 1. The van der Waals surface area contributed by atoms with Crippen molar-refractivity contribution < 1.29 is 15.0 Å². The van der Waals surface area contributed by atoms with E-state index in [1.807, 2.05) is 0 Å². The molecule has 1 heterocycles. The van der Waals surface area contributed by atoms with Gasteiger partial charge < -0.3 is 15.5 Å². The van der Waals surface area contributed by atoms with Crippen molar-refractivity contribution in [2.75, 3.05) is 13.2 Å². The fraction of sp³-hybridized carbons (Fsp3) is 0.250. The molecule has 1 aromatic carbocycles. The van der Waals surface area contributed by atoms with E-state index < -0.39 is 12.7 Å². The second-order valence-electron chi connectivity index (χ2n) is 3.78. The lowest BCUT2D eigenvalue weighted by Gasteiger charge is -2.09. The molecule has 6 heteroatoms. The summed E-state index contributed by atoms with van der Waals surface area (Å²) in [6, 6.07) is 5.12. The molecule has 1 atom stereocenters. The highest BCUT2D eigenvalue weighted by Gasteiger charge is 2.12. The van der Waals surface area contributed by atoms with Gasteiger partial charge in [-0.15, -0.1) is 0 Å². The van der Waals surface area contributed by atoms with Crippen LogP contribution in [0.4, 0.5) is 0 Å². The average molecular weight is 247 g/mol. The van der Waals surface area contributed by atoms with E-state index in [9.17, 15) is 9.90 Å². The quantitative estimate of drug-likeness (QED) is 0.690. The van der Waals surface area contributed by atoms with Gasteiger partial charge in [0.15, 0.2) is 0 Å². The molecular weight excluding hydrogens is 234 g/mol. The molecule has 0 aliphatic heterocycles. The van der Waals surface area contributed by atoms with Crippen LogP contribution in [0.2, 0.25) is 0 Å². The fourth-order valence-electron chi connectivity index (χ4n) is 1.55. The van der Waals surface area contributed by atoms with E-state index in [0.29, 0.717) is 16.6 Å². The van der Waals surface area contributed by atoms with E-state index in [1.54, 1.807) is 24.4 Å². The van der Waals surface area contributed by atoms with Gasteiger partial charge in [-0.05, 0) is 12.1 Å². The minimum absolute atomic E-state index is 0.00795. The molecule has 1 unspecified atom stereocenters. The van der Waals surface area contributed by atoms with Crippen LogP contribution in [0.15, 0.2) is 30.6 Å². The first kappa shape index (κ1) is 12.4. The van der Waals surface area contributed by atoms with E-state index in [1.165, 1.54) is 6.20 Å². The lowest BCUT2D eigenvalue weighted by Crippen LogP contribution is -2.34. The number of carbonyl (C=O) groups excluding carboxylic acids is 1. The Morgan fingerprint density at radius 2 is 2.11 bits per heavy atom. The number of fused-ring (bicyclic) bond motifs is 1. The first-order chi connectivity index (χ1) is 8.72. The Balaban J connectivity index is 2.22. The number of nitrogens with zero attached hydrogens (tertiary/aromatic N) is 2. The molecular formula is C12H13N3O3. The van der Waals surface area contributed by atoms with Crippen molar-refractivity contribution in [3.8, 4) is 0 Å². The molecule has 0 spiro atoms. The van der Waals surface area contributed by atoms with Crippen molar-refractivity contribution in [3.63, 3.8) is 0 Å². The van der Waals surface area contributed by atoms with E-state index in [-0.39, 0.29) is 12.5 Å². The largest absolute Gasteiger partial charge is 0.394 e. The van der Waals surface area contributed by atoms with E-state index in [0.717, 1.165) is 0 Å². The van der Waals surface area contributed by atoms with Crippen molar-refractivity contribution in [1.82, 2.24) is 15.3 Å². The molecule has 2 rings (SSSR count). The molecule has 0 fully saturated rings. The predicted molar refractivity (Wildman–Crippen MR) is 65.0 cm³/mol. The summed E-state index contributed by atoms with van der Waals surface area (Å²) < 4.78 is 0. The summed E-state index contributed by atoms with van der Waals surface area (Å²) in [5.74, 6) is -0.353. The topological polar surface area (TPSA) is 95.3 Å². The number of nitrogens with one attached hydrogen (secondary N) is 1. The van der Waals surface area contributed by atoms with Gasteiger partial charge in [-0.2, -0.15) is 0 Å². The molecule has 0 bridgehead atoms. The van der Waals surface area contributed by atoms with Gasteiger partial charge in [0, 0.05) is 18.9 Å². The molecule has 1 aromatic heterocycles. The monoisotopic (exact) mass is 247 g/mol. The van der Waals surface area contributed by atoms with Crippen LogP contribution in [0.5, 0.6) is 0 Å². The molecule has 1 amide bonds. The van der Waals surface area contributed by atoms with Gasteiger partial charge in [-0.25, -0.2) is 0 Å². The van der Waals surface area contributed by atoms with Crippen molar-refractivity contribution >= 4 is 16.9 Å². The number of hydrogen-bond acceptors (Lipinski definition) is 5. The maximum Gasteiger partial charge on any atom is 0.253 e. The van der Waals surface area contributed by atoms with Crippen molar-refractivity contribution in [1.29, 1.82) is 0 Å². The summed E-state index contributed by atoms with van der Waals surface area (Å²) in [5.41, 5.74) is 1.54. The molecule has 0 saturated heterocycles. The summed E-state index contributed by atoms with van der Waals surface area (Å²) in [6.45, 7) is -0.401. The van der Waals surface area contributed by atoms with E-state index >= 15 is 0 Å². The van der Waals surface area contributed by atoms with Gasteiger partial charge in [0.1, 0.15) is 5.52 Å². The number of para-hydroxylation sites is 1. The van der Waals surface area contributed by atoms with Gasteiger partial charge in [0.05, 0.1) is 23.8 Å². The van der Waals surface area contributed by atoms with Crippen molar-refractivity contribution in [2.24, 2.45) is 0 Å². The van der Waals surface area contributed by atoms with Gasteiger partial charge in [0.2, 0.25) is 0 Å². The Bertz CT molecular complexity index is 554. The zero-order valence-electron chi connectivity index (χ0n) is 9.58. The fourth-order valence-corrected chi connectivity index (χ4v) is 1.55. The third-order valence-electron chi connectivity index (χ3n) is 2.45. The number of amides is 1. The maximum atomic E-state index is 11.9. The summed E-state index contributed by atoms with van der Waals surface area (Å²) in [7, 11) is 0. The molecule has 2 aromatic rings. The minimum Gasteiger partial charge on any atom is -0.394 e. The summed E-state index contributed by atoms with van der Waals surface area (Å²) in [6.07, 6.45) is 2.11. The highest BCUT2D eigenvalue weighted by Crippen LogP contribution is 2.13. The highest BCUT2D eigenvalue weighted by atomic mass is 16.3. The predicted octanol–water partition coefficient (Wildman–Crippen LogP) is -0.287. The molecule has 3 N–H and O–H groups in total. The SMILES string of the molecule is O=C(NCC(O)CO)c1cccc2nccnc12. The molecule has 0 aliphatic rings.